The molecule has 0 aliphatic rings. The monoisotopic (exact) mass is 177 g/mol. The molecule has 2 unspecified atom stereocenters. The van der Waals surface area contributed by atoms with Crippen molar-refractivity contribution in [2.24, 2.45) is 5.73 Å². The maximum Gasteiger partial charge on any atom is 0.323 e. The minimum absolute atomic E-state index is 0.177. The van der Waals surface area contributed by atoms with Gasteiger partial charge in [0.1, 0.15) is 6.04 Å². The second-order valence-electron chi connectivity index (χ2n) is 1.91. The number of hydrogen-bond donors (Lipinski definition) is 3. The van der Waals surface area contributed by atoms with Crippen molar-refractivity contribution in [3.8, 4) is 0 Å². The van der Waals surface area contributed by atoms with Crippen LogP contribution in [0.3, 0.4) is 0 Å². The number of aldehydes is 1. The lowest BCUT2D eigenvalue weighted by Gasteiger charge is -2.12. The van der Waals surface area contributed by atoms with Crippen LogP contribution in [-0.2, 0) is 19.3 Å². The minimum Gasteiger partial charge on any atom is -0.480 e. The highest BCUT2D eigenvalue weighted by Gasteiger charge is 2.31. The number of hydrogen-bond acceptors (Lipinski definition) is 6. The van der Waals surface area contributed by atoms with E-state index in [1.165, 1.54) is 0 Å². The van der Waals surface area contributed by atoms with E-state index < -0.39 is 23.9 Å². The first-order chi connectivity index (χ1) is 5.54. The van der Waals surface area contributed by atoms with Crippen molar-refractivity contribution in [3.63, 3.8) is 0 Å². The molecule has 0 amide bonds. The fourth-order valence-corrected chi connectivity index (χ4v) is 0.491. The molecule has 68 valence electrons. The van der Waals surface area contributed by atoms with Gasteiger partial charge in [0.2, 0.25) is 5.78 Å². The fourth-order valence-electron chi connectivity index (χ4n) is 0.491. The Labute approximate surface area is 66.7 Å². The number of carboxylic acids is 1. The summed E-state index contributed by atoms with van der Waals surface area (Å²) >= 11 is 0. The Morgan fingerprint density at radius 3 is 2.25 bits per heavy atom. The van der Waals surface area contributed by atoms with Gasteiger partial charge in [0, 0.05) is 0 Å². The van der Waals surface area contributed by atoms with Gasteiger partial charge in [-0.2, -0.15) is 0 Å². The van der Waals surface area contributed by atoms with Crippen molar-refractivity contribution in [1.29, 1.82) is 0 Å². The van der Waals surface area contributed by atoms with Crippen molar-refractivity contribution >= 4 is 18.0 Å². The van der Waals surface area contributed by atoms with E-state index in [4.69, 9.17) is 16.1 Å². The molecule has 0 aliphatic heterocycles. The zero-order valence-corrected chi connectivity index (χ0v) is 5.84. The van der Waals surface area contributed by atoms with E-state index in [0.717, 1.165) is 0 Å². The molecule has 0 saturated carbocycles. The first kappa shape index (κ1) is 10.7. The van der Waals surface area contributed by atoms with Crippen molar-refractivity contribution in [3.05, 3.63) is 0 Å². The smallest absolute Gasteiger partial charge is 0.323 e. The molecule has 0 heterocycles. The Morgan fingerprint density at radius 1 is 1.50 bits per heavy atom. The number of carboxylic acid groups (broad SMARTS) is 1. The minimum atomic E-state index is -1.85. The average Bonchev–Trinajstić information content (AvgIpc) is 2.05. The normalized spacial score (nSPS) is 14.8. The molecule has 0 rings (SSSR count). The van der Waals surface area contributed by atoms with Gasteiger partial charge in [-0.05, 0) is 0 Å². The highest BCUT2D eigenvalue weighted by atomic mass is 17.1. The maximum atomic E-state index is 10.5. The summed E-state index contributed by atoms with van der Waals surface area (Å²) in [5, 5.41) is 16.3. The van der Waals surface area contributed by atoms with Crippen LogP contribution in [0.15, 0.2) is 0 Å². The predicted molar refractivity (Wildman–Crippen MR) is 34.2 cm³/mol. The second kappa shape index (κ2) is 4.54. The largest absolute Gasteiger partial charge is 0.480 e. The van der Waals surface area contributed by atoms with Gasteiger partial charge in [0.05, 0.1) is 0 Å². The lowest BCUT2D eigenvalue weighted by Crippen LogP contribution is -2.47. The third kappa shape index (κ3) is 2.38. The predicted octanol–water partition coefficient (Wildman–Crippen LogP) is -1.98. The molecular formula is C5H7NO6. The standard InChI is InChI=1S/C5H7NO6/c6-3(5(9)10)4(12-11)2(8)1-7/h1,3-4,11H,6H2,(H,9,10). The van der Waals surface area contributed by atoms with Crippen LogP contribution in [0.25, 0.3) is 0 Å². The highest BCUT2D eigenvalue weighted by Crippen LogP contribution is 1.96. The zero-order valence-electron chi connectivity index (χ0n) is 5.84. The van der Waals surface area contributed by atoms with Crippen LogP contribution in [0.4, 0.5) is 0 Å². The van der Waals surface area contributed by atoms with Gasteiger partial charge in [0.15, 0.2) is 12.4 Å². The van der Waals surface area contributed by atoms with Crippen molar-refractivity contribution in [2.45, 2.75) is 12.1 Å². The first-order valence-electron chi connectivity index (χ1n) is 2.82. The van der Waals surface area contributed by atoms with Crippen LogP contribution in [0, 0.1) is 0 Å². The Balaban J connectivity index is 4.43. The Kier molecular flexibility index (Phi) is 4.05. The van der Waals surface area contributed by atoms with Crippen molar-refractivity contribution < 1.29 is 29.6 Å². The molecule has 7 heteroatoms. The van der Waals surface area contributed by atoms with Crippen LogP contribution in [0.2, 0.25) is 0 Å². The van der Waals surface area contributed by atoms with E-state index in [1.54, 1.807) is 0 Å². The molecule has 4 N–H and O–H groups in total. The van der Waals surface area contributed by atoms with Crippen molar-refractivity contribution in [2.75, 3.05) is 0 Å². The van der Waals surface area contributed by atoms with E-state index in [0.29, 0.717) is 0 Å². The number of carbonyl (C=O) groups is 3. The SMILES string of the molecule is NC(C(=O)O)C(OO)C(=O)C=O. The van der Waals surface area contributed by atoms with Gasteiger partial charge < -0.3 is 10.8 Å². The van der Waals surface area contributed by atoms with Gasteiger partial charge >= 0.3 is 5.97 Å². The molecule has 0 aromatic carbocycles. The summed E-state index contributed by atoms with van der Waals surface area (Å²) in [4.78, 5) is 33.9. The molecule has 7 nitrogen and oxygen atoms in total. The number of carbonyl (C=O) groups excluding carboxylic acids is 2. The molecule has 0 radical (unpaired) electrons. The molecule has 0 spiro atoms. The lowest BCUT2D eigenvalue weighted by molar-refractivity contribution is -0.273. The summed E-state index contributed by atoms with van der Waals surface area (Å²) in [5.41, 5.74) is 4.88. The van der Waals surface area contributed by atoms with Gasteiger partial charge in [-0.15, -0.1) is 0 Å². The number of rotatable bonds is 5. The second-order valence-corrected chi connectivity index (χ2v) is 1.91. The van der Waals surface area contributed by atoms with Crippen LogP contribution in [0.1, 0.15) is 0 Å². The van der Waals surface area contributed by atoms with E-state index in [9.17, 15) is 14.4 Å². The summed E-state index contributed by atoms with van der Waals surface area (Å²) in [6, 6.07) is -1.76. The molecule has 2 atom stereocenters. The fraction of sp³-hybridized carbons (Fsp3) is 0.400. The highest BCUT2D eigenvalue weighted by molar-refractivity contribution is 6.28. The summed E-state index contributed by atoms with van der Waals surface area (Å²) in [6.07, 6.45) is -2.02. The quantitative estimate of drug-likeness (QED) is 0.192. The number of aliphatic carboxylic acids is 1. The molecule has 0 saturated heterocycles. The summed E-state index contributed by atoms with van der Waals surface area (Å²) < 4.78 is 0. The molecule has 0 aliphatic carbocycles. The van der Waals surface area contributed by atoms with E-state index in [1.807, 2.05) is 0 Å². The maximum absolute atomic E-state index is 10.5. The number of Topliss-reactive ketones (excluding diaryl/α,β-unsaturated/α-hetero) is 1. The van der Waals surface area contributed by atoms with Gasteiger partial charge in [0.25, 0.3) is 0 Å². The summed E-state index contributed by atoms with van der Waals surface area (Å²) in [6.45, 7) is 0. The molecule has 0 fully saturated rings. The van der Waals surface area contributed by atoms with Crippen LogP contribution in [-0.4, -0.2) is 40.5 Å². The first-order valence-corrected chi connectivity index (χ1v) is 2.82. The average molecular weight is 177 g/mol. The Bertz CT molecular complexity index is 202. The van der Waals surface area contributed by atoms with E-state index >= 15 is 0 Å². The van der Waals surface area contributed by atoms with Crippen LogP contribution < -0.4 is 5.73 Å². The molecule has 0 aromatic heterocycles. The topological polar surface area (TPSA) is 127 Å². The third-order valence-corrected chi connectivity index (χ3v) is 1.12. The van der Waals surface area contributed by atoms with Gasteiger partial charge in [-0.3, -0.25) is 19.6 Å². The lowest BCUT2D eigenvalue weighted by atomic mass is 10.1. The Hall–Kier alpha value is -1.31. The third-order valence-electron chi connectivity index (χ3n) is 1.12. The molecule has 12 heavy (non-hydrogen) atoms. The molecular weight excluding hydrogens is 170 g/mol. The molecule has 0 bridgehead atoms. The number of ketones is 1. The summed E-state index contributed by atoms with van der Waals surface area (Å²) in [5.74, 6) is -2.78. The Morgan fingerprint density at radius 2 is 2.00 bits per heavy atom. The molecule has 0 aromatic rings. The van der Waals surface area contributed by atoms with Crippen LogP contribution in [0.5, 0.6) is 0 Å². The van der Waals surface area contributed by atoms with Crippen LogP contribution >= 0.6 is 0 Å². The van der Waals surface area contributed by atoms with Crippen molar-refractivity contribution in [1.82, 2.24) is 0 Å². The van der Waals surface area contributed by atoms with E-state index in [-0.39, 0.29) is 6.29 Å². The summed E-state index contributed by atoms with van der Waals surface area (Å²) in [7, 11) is 0. The van der Waals surface area contributed by atoms with Gasteiger partial charge in [-0.1, -0.05) is 0 Å². The van der Waals surface area contributed by atoms with Gasteiger partial charge in [-0.25, -0.2) is 4.89 Å². The van der Waals surface area contributed by atoms with E-state index in [2.05, 4.69) is 4.89 Å². The number of nitrogens with two attached hydrogens (primary N) is 1. The zero-order chi connectivity index (χ0) is 9.72.